The summed E-state index contributed by atoms with van der Waals surface area (Å²) in [6.45, 7) is 8.95. The van der Waals surface area contributed by atoms with E-state index in [1.54, 1.807) is 0 Å². The maximum Gasteiger partial charge on any atom is 0.0558 e. The lowest BCUT2D eigenvalue weighted by atomic mass is 10.1. The van der Waals surface area contributed by atoms with Gasteiger partial charge in [-0.15, -0.1) is 0 Å². The van der Waals surface area contributed by atoms with Crippen molar-refractivity contribution in [3.63, 3.8) is 0 Å². The van der Waals surface area contributed by atoms with Crippen molar-refractivity contribution in [1.82, 2.24) is 4.57 Å². The molecule has 1 aromatic heterocycles. The third-order valence-electron chi connectivity index (χ3n) is 4.40. The van der Waals surface area contributed by atoms with E-state index in [2.05, 4.69) is 62.6 Å². The molecule has 0 fully saturated rings. The van der Waals surface area contributed by atoms with Gasteiger partial charge in [0.25, 0.3) is 0 Å². The molecule has 0 aliphatic heterocycles. The fraction of sp³-hybridized carbons (Fsp3) is 0.235. The van der Waals surface area contributed by atoms with Crippen molar-refractivity contribution in [3.05, 3.63) is 58.4 Å². The molecule has 1 aliphatic carbocycles. The molecule has 0 bridgehead atoms. The third-order valence-corrected chi connectivity index (χ3v) is 5.27. The number of hydrogen-bond acceptors (Lipinski definition) is 0. The van der Waals surface area contributed by atoms with E-state index in [-0.39, 0.29) is 0 Å². The van der Waals surface area contributed by atoms with E-state index in [0.717, 1.165) is 0 Å². The molecule has 19 heavy (non-hydrogen) atoms. The number of rotatable bonds is 1. The fourth-order valence-corrected chi connectivity index (χ4v) is 3.64. The number of allylic oxidation sites excluding steroid dienone is 2. The zero-order valence-electron chi connectivity index (χ0n) is 12.0. The number of para-hydroxylation sites is 1. The molecular weight excluding hydrogens is 246 g/mol. The molecule has 96 valence electrons. The Morgan fingerprint density at radius 1 is 0.895 bits per heavy atom. The van der Waals surface area contributed by atoms with Crippen LogP contribution in [0.3, 0.4) is 0 Å². The van der Waals surface area contributed by atoms with Gasteiger partial charge in [0, 0.05) is 16.9 Å². The second-order valence-electron chi connectivity index (χ2n) is 5.33. The van der Waals surface area contributed by atoms with Crippen molar-refractivity contribution in [3.8, 4) is 5.69 Å². The summed E-state index contributed by atoms with van der Waals surface area (Å²) in [5.74, 6) is 0. The van der Waals surface area contributed by atoms with Gasteiger partial charge in [-0.05, 0) is 71.6 Å². The fourth-order valence-electron chi connectivity index (χ4n) is 3.04. The van der Waals surface area contributed by atoms with Crippen LogP contribution in [0.25, 0.3) is 11.3 Å². The average Bonchev–Trinajstić information content (AvgIpc) is 2.81. The molecule has 0 spiro atoms. The minimum absolute atomic E-state index is 1.26. The van der Waals surface area contributed by atoms with Gasteiger partial charge in [0.1, 0.15) is 0 Å². The molecule has 0 unspecified atom stereocenters. The number of nitrogens with zero attached hydrogens (tertiary/aromatic N) is 1. The number of aromatic nitrogens is 1. The summed E-state index contributed by atoms with van der Waals surface area (Å²) < 4.78 is 2.41. The Morgan fingerprint density at radius 3 is 2.16 bits per heavy atom. The molecule has 3 rings (SSSR count). The highest BCUT2D eigenvalue weighted by atomic mass is 28.1. The first-order valence-electron chi connectivity index (χ1n) is 6.69. The van der Waals surface area contributed by atoms with E-state index in [0.29, 0.717) is 0 Å². The molecule has 2 aromatic rings. The lowest BCUT2D eigenvalue weighted by Gasteiger charge is -2.12. The summed E-state index contributed by atoms with van der Waals surface area (Å²) in [4.78, 5) is 0. The van der Waals surface area contributed by atoms with Crippen LogP contribution in [0.15, 0.2) is 35.9 Å². The summed E-state index contributed by atoms with van der Waals surface area (Å²) in [6.07, 6.45) is 0. The van der Waals surface area contributed by atoms with Crippen LogP contribution in [-0.2, 0) is 0 Å². The molecular formula is C17H19NSi. The third kappa shape index (κ3) is 1.56. The van der Waals surface area contributed by atoms with Gasteiger partial charge < -0.3 is 4.57 Å². The monoisotopic (exact) mass is 265 g/mol. The summed E-state index contributed by atoms with van der Waals surface area (Å²) in [5, 5.41) is 1.44. The van der Waals surface area contributed by atoms with Gasteiger partial charge in [-0.2, -0.15) is 0 Å². The van der Waals surface area contributed by atoms with E-state index in [1.165, 1.54) is 44.5 Å². The van der Waals surface area contributed by atoms with Crippen molar-refractivity contribution in [2.75, 3.05) is 0 Å². The average molecular weight is 265 g/mol. The van der Waals surface area contributed by atoms with Crippen LogP contribution in [0.4, 0.5) is 0 Å². The van der Waals surface area contributed by atoms with E-state index in [4.69, 9.17) is 0 Å². The summed E-state index contributed by atoms with van der Waals surface area (Å²) in [7, 11) is 2.01. The van der Waals surface area contributed by atoms with Crippen molar-refractivity contribution in [2.45, 2.75) is 27.7 Å². The quantitative estimate of drug-likeness (QED) is 0.698. The van der Waals surface area contributed by atoms with Crippen LogP contribution in [0.1, 0.15) is 36.4 Å². The Labute approximate surface area is 117 Å². The molecule has 0 N–H and O–H groups in total. The van der Waals surface area contributed by atoms with E-state index >= 15 is 0 Å². The number of fused-ring (bicyclic) bond motifs is 1. The van der Waals surface area contributed by atoms with Gasteiger partial charge in [-0.25, -0.2) is 0 Å². The van der Waals surface area contributed by atoms with Gasteiger partial charge in [0.05, 0.1) is 5.69 Å². The van der Waals surface area contributed by atoms with E-state index < -0.39 is 0 Å². The molecule has 1 aliphatic rings. The highest BCUT2D eigenvalue weighted by molar-refractivity contribution is 6.52. The Bertz CT molecular complexity index is 717. The summed E-state index contributed by atoms with van der Waals surface area (Å²) in [5.41, 5.74) is 9.75. The van der Waals surface area contributed by atoms with Crippen LogP contribution in [-0.4, -0.2) is 19.6 Å². The molecule has 0 atom stereocenters. The first-order valence-corrected chi connectivity index (χ1v) is 7.39. The van der Waals surface area contributed by atoms with Gasteiger partial charge in [-0.3, -0.25) is 0 Å². The predicted octanol–water partition coefficient (Wildman–Crippen LogP) is 3.05. The molecule has 0 saturated carbocycles. The van der Waals surface area contributed by atoms with Crippen molar-refractivity contribution >= 4 is 20.6 Å². The topological polar surface area (TPSA) is 4.93 Å². The molecule has 0 amide bonds. The summed E-state index contributed by atoms with van der Waals surface area (Å²) in [6, 6.07) is 10.7. The predicted molar refractivity (Wildman–Crippen MR) is 86.2 cm³/mol. The lowest BCUT2D eigenvalue weighted by molar-refractivity contribution is 0.996. The highest BCUT2D eigenvalue weighted by Crippen LogP contribution is 2.38. The molecule has 2 heteroatoms. The highest BCUT2D eigenvalue weighted by Gasteiger charge is 2.28. The SMILES string of the molecule is CC1=C(C)c2c(C)c(C)n(-c3ccccc3)c2C1=[SiH2]. The first-order chi connectivity index (χ1) is 9.04. The molecule has 1 nitrogen and oxygen atoms in total. The number of hydrogen-bond donors (Lipinski definition) is 0. The van der Waals surface area contributed by atoms with E-state index in [1.807, 2.05) is 9.85 Å². The molecule has 0 radical (unpaired) electrons. The summed E-state index contributed by atoms with van der Waals surface area (Å²) >= 11 is 0. The van der Waals surface area contributed by atoms with E-state index in [9.17, 15) is 0 Å². The van der Waals surface area contributed by atoms with Crippen LogP contribution in [0, 0.1) is 13.8 Å². The largest absolute Gasteiger partial charge is 0.313 e. The van der Waals surface area contributed by atoms with Crippen LogP contribution in [0.5, 0.6) is 0 Å². The van der Waals surface area contributed by atoms with Gasteiger partial charge in [0.15, 0.2) is 0 Å². The Kier molecular flexibility index (Phi) is 2.71. The zero-order valence-corrected chi connectivity index (χ0v) is 13.5. The Hall–Kier alpha value is -1.67. The standard InChI is InChI=1S/C17H19NSi/c1-10-11(2)17(19)16-15(10)12(3)13(4)18(16)14-8-6-5-7-9-14/h5-9H,19H2,1-4H3. The maximum atomic E-state index is 2.41. The second-order valence-corrected chi connectivity index (χ2v) is 6.04. The Morgan fingerprint density at radius 2 is 1.53 bits per heavy atom. The van der Waals surface area contributed by atoms with Crippen molar-refractivity contribution in [1.29, 1.82) is 0 Å². The molecule has 1 heterocycles. The number of benzene rings is 1. The minimum Gasteiger partial charge on any atom is -0.313 e. The molecule has 1 aromatic carbocycles. The zero-order chi connectivity index (χ0) is 13.7. The molecule has 0 saturated heterocycles. The van der Waals surface area contributed by atoms with Crippen LogP contribution in [0.2, 0.25) is 0 Å². The van der Waals surface area contributed by atoms with Crippen LogP contribution < -0.4 is 0 Å². The van der Waals surface area contributed by atoms with Crippen LogP contribution >= 0.6 is 0 Å². The van der Waals surface area contributed by atoms with Crippen molar-refractivity contribution < 1.29 is 0 Å². The van der Waals surface area contributed by atoms with Gasteiger partial charge >= 0.3 is 0 Å². The lowest BCUT2D eigenvalue weighted by Crippen LogP contribution is -2.09. The minimum atomic E-state index is 1.26. The smallest absolute Gasteiger partial charge is 0.0558 e. The Balaban J connectivity index is 2.36. The second kappa shape index (κ2) is 4.17. The van der Waals surface area contributed by atoms with Gasteiger partial charge in [-0.1, -0.05) is 18.2 Å². The maximum absolute atomic E-state index is 2.41. The normalized spacial score (nSPS) is 14.2. The van der Waals surface area contributed by atoms with Crippen molar-refractivity contribution in [2.24, 2.45) is 0 Å². The first kappa shape index (κ1) is 12.4. The van der Waals surface area contributed by atoms with Gasteiger partial charge in [0.2, 0.25) is 0 Å².